The number of likely N-dealkylation sites (N-methyl/N-ethyl adjacent to an activating group) is 1. The van der Waals surface area contributed by atoms with Crippen LogP contribution in [-0.4, -0.2) is 25.1 Å². The summed E-state index contributed by atoms with van der Waals surface area (Å²) in [6.07, 6.45) is 1.99. The van der Waals surface area contributed by atoms with Crippen LogP contribution in [0.3, 0.4) is 0 Å². The lowest BCUT2D eigenvalue weighted by Gasteiger charge is -2.29. The maximum Gasteiger partial charge on any atom is 0.105 e. The monoisotopic (exact) mass is 226 g/mol. The fourth-order valence-electron chi connectivity index (χ4n) is 2.31. The summed E-state index contributed by atoms with van der Waals surface area (Å²) in [5.74, 6) is 0. The summed E-state index contributed by atoms with van der Waals surface area (Å²) in [4.78, 5) is 0. The number of benzene rings is 2. The molecule has 1 heteroatoms. The second kappa shape index (κ2) is 4.72. The van der Waals surface area contributed by atoms with Gasteiger partial charge in [-0.05, 0) is 16.8 Å². The van der Waals surface area contributed by atoms with Crippen molar-refractivity contribution < 1.29 is 4.48 Å². The van der Waals surface area contributed by atoms with Gasteiger partial charge in [0, 0.05) is 5.56 Å². The van der Waals surface area contributed by atoms with Crippen LogP contribution in [0.15, 0.2) is 55.1 Å². The van der Waals surface area contributed by atoms with E-state index in [2.05, 4.69) is 63.1 Å². The fraction of sp³-hybridized carbons (Fsp3) is 0.250. The van der Waals surface area contributed by atoms with E-state index >= 15 is 0 Å². The molecule has 0 aliphatic carbocycles. The lowest BCUT2D eigenvalue weighted by atomic mass is 10.0. The third kappa shape index (κ3) is 2.75. The van der Waals surface area contributed by atoms with E-state index in [1.54, 1.807) is 0 Å². The first-order chi connectivity index (χ1) is 8.12. The zero-order valence-electron chi connectivity index (χ0n) is 10.7. The van der Waals surface area contributed by atoms with E-state index in [-0.39, 0.29) is 0 Å². The van der Waals surface area contributed by atoms with E-state index in [1.165, 1.54) is 16.3 Å². The average Bonchev–Trinajstić information content (AvgIpc) is 2.29. The number of rotatable bonds is 4. The molecule has 0 saturated carbocycles. The minimum Gasteiger partial charge on any atom is -0.321 e. The van der Waals surface area contributed by atoms with Crippen molar-refractivity contribution in [1.82, 2.24) is 0 Å². The van der Waals surface area contributed by atoms with Crippen molar-refractivity contribution >= 4 is 10.8 Å². The largest absolute Gasteiger partial charge is 0.321 e. The van der Waals surface area contributed by atoms with Gasteiger partial charge in [-0.3, -0.25) is 0 Å². The molecule has 0 atom stereocenters. The number of hydrogen-bond acceptors (Lipinski definition) is 0. The van der Waals surface area contributed by atoms with Gasteiger partial charge in [-0.1, -0.05) is 49.0 Å². The summed E-state index contributed by atoms with van der Waals surface area (Å²) in [6.45, 7) is 5.86. The van der Waals surface area contributed by atoms with Crippen molar-refractivity contribution in [2.24, 2.45) is 0 Å². The fourth-order valence-corrected chi connectivity index (χ4v) is 2.31. The van der Waals surface area contributed by atoms with Gasteiger partial charge in [-0.2, -0.15) is 0 Å². The van der Waals surface area contributed by atoms with E-state index in [9.17, 15) is 0 Å². The second-order valence-corrected chi connectivity index (χ2v) is 5.20. The molecule has 0 saturated heterocycles. The highest BCUT2D eigenvalue weighted by Gasteiger charge is 2.15. The van der Waals surface area contributed by atoms with Gasteiger partial charge in [0.1, 0.15) is 6.54 Å². The molecular weight excluding hydrogens is 206 g/mol. The molecule has 2 aromatic carbocycles. The SMILES string of the molecule is C=CC[N+](C)(C)Cc1cccc2ccccc12. The lowest BCUT2D eigenvalue weighted by molar-refractivity contribution is -0.897. The van der Waals surface area contributed by atoms with Crippen molar-refractivity contribution in [3.8, 4) is 0 Å². The quantitative estimate of drug-likeness (QED) is 0.552. The molecule has 0 aromatic heterocycles. The molecular formula is C16H20N+. The predicted octanol–water partition coefficient (Wildman–Crippen LogP) is 3.60. The third-order valence-electron chi connectivity index (χ3n) is 3.10. The summed E-state index contributed by atoms with van der Waals surface area (Å²) < 4.78 is 0.942. The number of quaternary nitrogens is 1. The first-order valence-electron chi connectivity index (χ1n) is 6.02. The van der Waals surface area contributed by atoms with Gasteiger partial charge in [0.15, 0.2) is 0 Å². The molecule has 0 fully saturated rings. The zero-order valence-corrected chi connectivity index (χ0v) is 10.7. The van der Waals surface area contributed by atoms with Crippen LogP contribution in [0.5, 0.6) is 0 Å². The highest BCUT2D eigenvalue weighted by atomic mass is 15.3. The molecule has 1 nitrogen and oxygen atoms in total. The van der Waals surface area contributed by atoms with Crippen molar-refractivity contribution in [3.05, 3.63) is 60.7 Å². The van der Waals surface area contributed by atoms with E-state index < -0.39 is 0 Å². The summed E-state index contributed by atoms with van der Waals surface area (Å²) >= 11 is 0. The topological polar surface area (TPSA) is 0 Å². The Kier molecular flexibility index (Phi) is 3.30. The molecule has 17 heavy (non-hydrogen) atoms. The number of hydrogen-bond donors (Lipinski definition) is 0. The molecule has 0 radical (unpaired) electrons. The Hall–Kier alpha value is -1.60. The highest BCUT2D eigenvalue weighted by Crippen LogP contribution is 2.21. The van der Waals surface area contributed by atoms with E-state index in [4.69, 9.17) is 0 Å². The second-order valence-electron chi connectivity index (χ2n) is 5.20. The normalized spacial score (nSPS) is 11.6. The number of nitrogens with zero attached hydrogens (tertiary/aromatic N) is 1. The van der Waals surface area contributed by atoms with Crippen molar-refractivity contribution in [3.63, 3.8) is 0 Å². The van der Waals surface area contributed by atoms with Crippen LogP contribution in [0.2, 0.25) is 0 Å². The Morgan fingerprint density at radius 1 is 1.06 bits per heavy atom. The standard InChI is InChI=1S/C16H20N/c1-4-12-17(2,3)13-15-10-7-9-14-8-5-6-11-16(14)15/h4-11H,1,12-13H2,2-3H3/q+1. The molecule has 0 spiro atoms. The van der Waals surface area contributed by atoms with E-state index in [0.29, 0.717) is 0 Å². The Bertz CT molecular complexity index is 521. The molecule has 0 amide bonds. The van der Waals surface area contributed by atoms with Crippen molar-refractivity contribution in [1.29, 1.82) is 0 Å². The van der Waals surface area contributed by atoms with Crippen LogP contribution < -0.4 is 0 Å². The molecule has 0 aliphatic heterocycles. The first kappa shape index (κ1) is 11.9. The molecule has 0 aliphatic rings. The Morgan fingerprint density at radius 2 is 1.76 bits per heavy atom. The number of fused-ring (bicyclic) bond motifs is 1. The molecule has 0 bridgehead atoms. The van der Waals surface area contributed by atoms with Gasteiger partial charge in [0.2, 0.25) is 0 Å². The third-order valence-corrected chi connectivity index (χ3v) is 3.10. The van der Waals surface area contributed by atoms with E-state index in [0.717, 1.165) is 17.6 Å². The molecule has 2 rings (SSSR count). The van der Waals surface area contributed by atoms with Crippen LogP contribution >= 0.6 is 0 Å². The van der Waals surface area contributed by atoms with Gasteiger partial charge in [-0.25, -0.2) is 0 Å². The maximum absolute atomic E-state index is 3.83. The molecule has 0 N–H and O–H groups in total. The molecule has 0 unspecified atom stereocenters. The Labute approximate surface area is 104 Å². The smallest absolute Gasteiger partial charge is 0.105 e. The predicted molar refractivity (Wildman–Crippen MR) is 74.8 cm³/mol. The van der Waals surface area contributed by atoms with Crippen LogP contribution in [-0.2, 0) is 6.54 Å². The van der Waals surface area contributed by atoms with Gasteiger partial charge in [0.25, 0.3) is 0 Å². The minimum absolute atomic E-state index is 0.942. The van der Waals surface area contributed by atoms with Gasteiger partial charge < -0.3 is 4.48 Å². The summed E-state index contributed by atoms with van der Waals surface area (Å²) in [7, 11) is 4.48. The zero-order chi connectivity index (χ0) is 12.3. The van der Waals surface area contributed by atoms with Crippen LogP contribution in [0.25, 0.3) is 10.8 Å². The van der Waals surface area contributed by atoms with Crippen molar-refractivity contribution in [2.75, 3.05) is 20.6 Å². The van der Waals surface area contributed by atoms with Gasteiger partial charge in [-0.15, -0.1) is 0 Å². The molecule has 0 heterocycles. The summed E-state index contributed by atoms with van der Waals surface area (Å²) in [5, 5.41) is 2.69. The molecule has 2 aromatic rings. The highest BCUT2D eigenvalue weighted by molar-refractivity contribution is 5.85. The molecule has 88 valence electrons. The van der Waals surface area contributed by atoms with Crippen LogP contribution in [0.1, 0.15) is 5.56 Å². The summed E-state index contributed by atoms with van der Waals surface area (Å²) in [5.41, 5.74) is 1.41. The van der Waals surface area contributed by atoms with Gasteiger partial charge in [0.05, 0.1) is 20.6 Å². The van der Waals surface area contributed by atoms with E-state index in [1.807, 2.05) is 6.08 Å². The van der Waals surface area contributed by atoms with Crippen LogP contribution in [0, 0.1) is 0 Å². The maximum atomic E-state index is 3.83. The lowest BCUT2D eigenvalue weighted by Crippen LogP contribution is -2.38. The van der Waals surface area contributed by atoms with Gasteiger partial charge >= 0.3 is 0 Å². The minimum atomic E-state index is 0.942. The van der Waals surface area contributed by atoms with Crippen LogP contribution in [0.4, 0.5) is 0 Å². The van der Waals surface area contributed by atoms with Crippen molar-refractivity contribution in [2.45, 2.75) is 6.54 Å². The Morgan fingerprint density at radius 3 is 2.53 bits per heavy atom. The Balaban J connectivity index is 2.39. The first-order valence-corrected chi connectivity index (χ1v) is 6.02. The average molecular weight is 226 g/mol. The summed E-state index contributed by atoms with van der Waals surface area (Å²) in [6, 6.07) is 15.1.